The molecule has 1 saturated heterocycles. The van der Waals surface area contributed by atoms with E-state index in [2.05, 4.69) is 30.9 Å². The minimum Gasteiger partial charge on any atom is -0.492 e. The van der Waals surface area contributed by atoms with Crippen molar-refractivity contribution in [1.82, 2.24) is 24.4 Å². The Hall–Kier alpha value is -2.17. The molecular formula is C19H22BrN5O3S. The zero-order chi connectivity index (χ0) is 20.5. The van der Waals surface area contributed by atoms with Gasteiger partial charge in [-0.15, -0.1) is 5.10 Å². The number of nitrogens with zero attached hydrogens (tertiary/aromatic N) is 5. The van der Waals surface area contributed by atoms with Gasteiger partial charge in [0.1, 0.15) is 5.82 Å². The van der Waals surface area contributed by atoms with Crippen molar-refractivity contribution in [2.24, 2.45) is 0 Å². The van der Waals surface area contributed by atoms with Gasteiger partial charge in [-0.3, -0.25) is 4.90 Å². The number of aromatic nitrogens is 3. The molecule has 154 valence electrons. The predicted molar refractivity (Wildman–Crippen MR) is 113 cm³/mol. The lowest BCUT2D eigenvalue weighted by Gasteiger charge is -2.38. The molecule has 1 atom stereocenters. The summed E-state index contributed by atoms with van der Waals surface area (Å²) in [6.45, 7) is 6.48. The average Bonchev–Trinajstić information content (AvgIpc) is 3.22. The number of thiazole rings is 1. The zero-order valence-corrected chi connectivity index (χ0v) is 18.6. The highest BCUT2D eigenvalue weighted by Gasteiger charge is 2.32. The Bertz CT molecular complexity index is 1010. The number of hydrogen-bond donors (Lipinski definition) is 1. The molecule has 1 aromatic carbocycles. The molecule has 1 N–H and O–H groups in total. The monoisotopic (exact) mass is 479 g/mol. The molecule has 4 rings (SSSR count). The van der Waals surface area contributed by atoms with E-state index in [1.54, 1.807) is 11.8 Å². The number of benzene rings is 1. The normalized spacial score (nSPS) is 16.3. The Labute approximate surface area is 180 Å². The Morgan fingerprint density at radius 1 is 1.28 bits per heavy atom. The third-order valence-electron chi connectivity index (χ3n) is 4.95. The van der Waals surface area contributed by atoms with E-state index in [0.29, 0.717) is 43.6 Å². The third kappa shape index (κ3) is 3.96. The molecule has 10 heteroatoms. The van der Waals surface area contributed by atoms with Crippen molar-refractivity contribution >= 4 is 38.3 Å². The largest absolute Gasteiger partial charge is 0.492 e. The zero-order valence-electron chi connectivity index (χ0n) is 16.2. The number of piperazine rings is 1. The van der Waals surface area contributed by atoms with E-state index < -0.39 is 0 Å². The van der Waals surface area contributed by atoms with Crippen LogP contribution in [0.2, 0.25) is 0 Å². The first-order valence-electron chi connectivity index (χ1n) is 9.44. The molecule has 29 heavy (non-hydrogen) atoms. The Kier molecular flexibility index (Phi) is 5.75. The molecule has 0 bridgehead atoms. The highest BCUT2D eigenvalue weighted by atomic mass is 79.9. The van der Waals surface area contributed by atoms with Crippen LogP contribution < -0.4 is 0 Å². The van der Waals surface area contributed by atoms with Crippen molar-refractivity contribution in [3.05, 3.63) is 45.0 Å². The van der Waals surface area contributed by atoms with Gasteiger partial charge in [0.25, 0.3) is 0 Å². The maximum atomic E-state index is 12.0. The number of halogens is 1. The summed E-state index contributed by atoms with van der Waals surface area (Å²) in [6.07, 6.45) is -0.274. The van der Waals surface area contributed by atoms with E-state index >= 15 is 0 Å². The van der Waals surface area contributed by atoms with Crippen LogP contribution in [0.4, 0.5) is 4.79 Å². The van der Waals surface area contributed by atoms with Crippen LogP contribution in [0.5, 0.6) is 5.88 Å². The molecule has 0 aliphatic carbocycles. The van der Waals surface area contributed by atoms with Crippen molar-refractivity contribution in [2.75, 3.05) is 32.8 Å². The van der Waals surface area contributed by atoms with Gasteiger partial charge >= 0.3 is 6.09 Å². The van der Waals surface area contributed by atoms with Crippen LogP contribution in [0.3, 0.4) is 0 Å². The summed E-state index contributed by atoms with van der Waals surface area (Å²) in [5, 5.41) is 15.2. The van der Waals surface area contributed by atoms with Crippen molar-refractivity contribution in [3.8, 4) is 5.88 Å². The third-order valence-corrected chi connectivity index (χ3v) is 6.55. The first-order chi connectivity index (χ1) is 14.0. The lowest BCUT2D eigenvalue weighted by molar-refractivity contribution is 0.0715. The predicted octanol–water partition coefficient (Wildman–Crippen LogP) is 3.43. The maximum absolute atomic E-state index is 12.0. The topological polar surface area (TPSA) is 83.2 Å². The number of fused-ring (bicyclic) bond motifs is 1. The summed E-state index contributed by atoms with van der Waals surface area (Å²) in [6, 6.07) is 7.94. The highest BCUT2D eigenvalue weighted by molar-refractivity contribution is 9.10. The second-order valence-corrected chi connectivity index (χ2v) is 8.74. The van der Waals surface area contributed by atoms with Gasteiger partial charge in [-0.25, -0.2) is 9.78 Å². The van der Waals surface area contributed by atoms with E-state index in [1.165, 1.54) is 15.9 Å². The van der Waals surface area contributed by atoms with Crippen molar-refractivity contribution < 1.29 is 14.6 Å². The second-order valence-electron chi connectivity index (χ2n) is 6.82. The van der Waals surface area contributed by atoms with Gasteiger partial charge in [0.15, 0.2) is 0 Å². The summed E-state index contributed by atoms with van der Waals surface area (Å²) < 4.78 is 7.62. The van der Waals surface area contributed by atoms with E-state index in [1.807, 2.05) is 31.2 Å². The van der Waals surface area contributed by atoms with Gasteiger partial charge in [-0.1, -0.05) is 39.4 Å². The number of hydrogen-bond acceptors (Lipinski definition) is 7. The molecule has 0 saturated carbocycles. The molecule has 1 aliphatic heterocycles. The molecular weight excluding hydrogens is 458 g/mol. The van der Waals surface area contributed by atoms with Gasteiger partial charge < -0.3 is 14.7 Å². The fourth-order valence-corrected chi connectivity index (χ4v) is 5.00. The van der Waals surface area contributed by atoms with Crippen LogP contribution in [0.1, 0.15) is 29.2 Å². The van der Waals surface area contributed by atoms with Crippen molar-refractivity contribution in [3.63, 3.8) is 0 Å². The summed E-state index contributed by atoms with van der Waals surface area (Å²) >= 11 is 4.93. The molecule has 1 fully saturated rings. The number of amides is 1. The maximum Gasteiger partial charge on any atom is 0.409 e. The highest BCUT2D eigenvalue weighted by Crippen LogP contribution is 2.40. The molecule has 3 aromatic rings. The summed E-state index contributed by atoms with van der Waals surface area (Å²) in [7, 11) is 0. The van der Waals surface area contributed by atoms with Gasteiger partial charge in [-0.2, -0.15) is 4.52 Å². The average molecular weight is 480 g/mol. The van der Waals surface area contributed by atoms with Crippen LogP contribution >= 0.6 is 27.3 Å². The quantitative estimate of drug-likeness (QED) is 0.616. The fraction of sp³-hybridized carbons (Fsp3) is 0.421. The van der Waals surface area contributed by atoms with Gasteiger partial charge in [-0.05, 0) is 31.5 Å². The minimum absolute atomic E-state index is 0.117. The summed E-state index contributed by atoms with van der Waals surface area (Å²) in [5.41, 5.74) is 1.06. The molecule has 3 heterocycles. The Morgan fingerprint density at radius 3 is 2.59 bits per heavy atom. The minimum atomic E-state index is -0.274. The SMILES string of the molecule is CCOC(=O)N1CCN([C@H](c2ccc(Br)cc2)c2sc3nc(C)nn3c2O)CC1. The molecule has 8 nitrogen and oxygen atoms in total. The lowest BCUT2D eigenvalue weighted by Crippen LogP contribution is -2.49. The van der Waals surface area contributed by atoms with Crippen LogP contribution in [0, 0.1) is 6.92 Å². The van der Waals surface area contributed by atoms with Crippen LogP contribution in [0.15, 0.2) is 28.7 Å². The van der Waals surface area contributed by atoms with Crippen molar-refractivity contribution in [1.29, 1.82) is 0 Å². The van der Waals surface area contributed by atoms with E-state index in [9.17, 15) is 9.90 Å². The first-order valence-corrected chi connectivity index (χ1v) is 11.0. The first kappa shape index (κ1) is 20.1. The fourth-order valence-electron chi connectivity index (χ4n) is 3.58. The number of ether oxygens (including phenoxy) is 1. The Balaban J connectivity index is 1.66. The number of carbonyl (C=O) groups excluding carboxylic acids is 1. The smallest absolute Gasteiger partial charge is 0.409 e. The van der Waals surface area contributed by atoms with Gasteiger partial charge in [0, 0.05) is 30.7 Å². The molecule has 0 spiro atoms. The van der Waals surface area contributed by atoms with E-state index in [4.69, 9.17) is 4.74 Å². The van der Waals surface area contributed by atoms with Crippen LogP contribution in [-0.4, -0.2) is 68.4 Å². The Morgan fingerprint density at radius 2 is 1.97 bits per heavy atom. The number of carbonyl (C=O) groups is 1. The van der Waals surface area contributed by atoms with E-state index in [-0.39, 0.29) is 18.0 Å². The lowest BCUT2D eigenvalue weighted by atomic mass is 10.0. The standard InChI is InChI=1S/C19H22BrN5O3S/c1-3-28-19(27)24-10-8-23(9-11-24)15(13-4-6-14(20)7-5-13)16-17(26)25-18(29-16)21-12(2)22-25/h4-7,15,26H,3,8-11H2,1-2H3/t15-/m1/s1. The van der Waals surface area contributed by atoms with Gasteiger partial charge in [0.2, 0.25) is 10.8 Å². The summed E-state index contributed by atoms with van der Waals surface area (Å²) in [4.78, 5) is 21.9. The molecule has 1 amide bonds. The molecule has 2 aromatic heterocycles. The van der Waals surface area contributed by atoms with Crippen molar-refractivity contribution in [2.45, 2.75) is 19.9 Å². The molecule has 0 unspecified atom stereocenters. The molecule has 0 radical (unpaired) electrons. The molecule has 1 aliphatic rings. The van der Waals surface area contributed by atoms with Gasteiger partial charge in [0.05, 0.1) is 17.5 Å². The second kappa shape index (κ2) is 8.29. The summed E-state index contributed by atoms with van der Waals surface area (Å²) in [5.74, 6) is 0.743. The number of aromatic hydroxyl groups is 1. The number of aryl methyl sites for hydroxylation is 1. The van der Waals surface area contributed by atoms with Crippen LogP contribution in [0.25, 0.3) is 4.96 Å². The van der Waals surface area contributed by atoms with Crippen LogP contribution in [-0.2, 0) is 4.74 Å². The van der Waals surface area contributed by atoms with E-state index in [0.717, 1.165) is 14.9 Å². The number of rotatable bonds is 4.